The van der Waals surface area contributed by atoms with Crippen molar-refractivity contribution in [2.45, 2.75) is 17.9 Å². The minimum atomic E-state index is 0.0568. The molecule has 0 bridgehead atoms. The lowest BCUT2D eigenvalue weighted by Crippen LogP contribution is -2.47. The predicted octanol–water partition coefficient (Wildman–Crippen LogP) is 1.49. The predicted molar refractivity (Wildman–Crippen MR) is 84.1 cm³/mol. The Hall–Kier alpha value is -1.04. The lowest BCUT2D eigenvalue weighted by Gasteiger charge is -2.27. The molecule has 0 saturated carbocycles. The van der Waals surface area contributed by atoms with Crippen molar-refractivity contribution < 1.29 is 4.79 Å². The number of hydrogen-bond donors (Lipinski definition) is 2. The minimum Gasteiger partial charge on any atom is -0.348 e. The molecule has 0 aliphatic carbocycles. The molecule has 1 unspecified atom stereocenters. The highest BCUT2D eigenvalue weighted by molar-refractivity contribution is 7.98. The number of nitrogens with one attached hydrogen (secondary N) is 2. The molecule has 1 aromatic rings. The number of carbonyl (C=O) groups is 1. The van der Waals surface area contributed by atoms with Gasteiger partial charge in [-0.3, -0.25) is 9.69 Å². The maximum Gasteiger partial charge on any atom is 0.234 e. The van der Waals surface area contributed by atoms with Crippen molar-refractivity contribution in [1.82, 2.24) is 15.5 Å². The van der Waals surface area contributed by atoms with Gasteiger partial charge < -0.3 is 10.6 Å². The van der Waals surface area contributed by atoms with E-state index in [-0.39, 0.29) is 11.9 Å². The van der Waals surface area contributed by atoms with Crippen LogP contribution in [0.25, 0.3) is 0 Å². The molecule has 1 atom stereocenters. The Morgan fingerprint density at radius 3 is 2.60 bits per heavy atom. The number of piperazine rings is 1. The van der Waals surface area contributed by atoms with E-state index in [0.29, 0.717) is 6.54 Å². The fourth-order valence-electron chi connectivity index (χ4n) is 2.34. The lowest BCUT2D eigenvalue weighted by atomic mass is 10.1. The van der Waals surface area contributed by atoms with E-state index < -0.39 is 0 Å². The zero-order valence-corrected chi connectivity index (χ0v) is 13.0. The number of nitrogens with zero attached hydrogens (tertiary/aromatic N) is 1. The Morgan fingerprint density at radius 1 is 1.35 bits per heavy atom. The van der Waals surface area contributed by atoms with Gasteiger partial charge in [0.2, 0.25) is 5.91 Å². The summed E-state index contributed by atoms with van der Waals surface area (Å²) in [6, 6.07) is 8.42. The number of amides is 1. The highest BCUT2D eigenvalue weighted by Gasteiger charge is 2.15. The minimum absolute atomic E-state index is 0.0568. The lowest BCUT2D eigenvalue weighted by molar-refractivity contribution is -0.123. The first-order valence-corrected chi connectivity index (χ1v) is 8.28. The molecule has 1 aromatic carbocycles. The van der Waals surface area contributed by atoms with Gasteiger partial charge in [0.05, 0.1) is 12.6 Å². The molecule has 1 saturated heterocycles. The molecule has 110 valence electrons. The first-order valence-electron chi connectivity index (χ1n) is 7.05. The third kappa shape index (κ3) is 4.51. The molecule has 5 heteroatoms. The molecule has 1 aliphatic heterocycles. The van der Waals surface area contributed by atoms with E-state index in [0.717, 1.165) is 31.7 Å². The summed E-state index contributed by atoms with van der Waals surface area (Å²) in [5.74, 6) is 0.105. The Morgan fingerprint density at radius 2 is 2.00 bits per heavy atom. The molecule has 0 aromatic heterocycles. The van der Waals surface area contributed by atoms with Gasteiger partial charge in [0, 0.05) is 31.1 Å². The van der Waals surface area contributed by atoms with Crippen molar-refractivity contribution in [3.63, 3.8) is 0 Å². The molecule has 0 spiro atoms. The van der Waals surface area contributed by atoms with Gasteiger partial charge in [0.25, 0.3) is 0 Å². The third-order valence-corrected chi connectivity index (χ3v) is 4.31. The second-order valence-corrected chi connectivity index (χ2v) is 5.97. The van der Waals surface area contributed by atoms with Crippen molar-refractivity contribution in [2.24, 2.45) is 0 Å². The second-order valence-electron chi connectivity index (χ2n) is 5.09. The van der Waals surface area contributed by atoms with Crippen LogP contribution in [0, 0.1) is 0 Å². The molecule has 2 N–H and O–H groups in total. The molecular weight excluding hydrogens is 270 g/mol. The largest absolute Gasteiger partial charge is 0.348 e. The van der Waals surface area contributed by atoms with Crippen LogP contribution in [-0.4, -0.2) is 49.8 Å². The van der Waals surface area contributed by atoms with Gasteiger partial charge in [-0.1, -0.05) is 12.1 Å². The van der Waals surface area contributed by atoms with Crippen LogP contribution in [0.15, 0.2) is 29.2 Å². The highest BCUT2D eigenvalue weighted by atomic mass is 32.2. The number of rotatable bonds is 5. The quantitative estimate of drug-likeness (QED) is 0.808. The summed E-state index contributed by atoms with van der Waals surface area (Å²) in [5.41, 5.74) is 1.15. The van der Waals surface area contributed by atoms with E-state index >= 15 is 0 Å². The van der Waals surface area contributed by atoms with E-state index in [1.807, 2.05) is 6.92 Å². The van der Waals surface area contributed by atoms with Crippen molar-refractivity contribution in [3.05, 3.63) is 29.8 Å². The van der Waals surface area contributed by atoms with Crippen molar-refractivity contribution in [2.75, 3.05) is 39.0 Å². The van der Waals surface area contributed by atoms with Crippen LogP contribution in [0.4, 0.5) is 0 Å². The van der Waals surface area contributed by atoms with Crippen molar-refractivity contribution in [3.8, 4) is 0 Å². The number of hydrogen-bond acceptors (Lipinski definition) is 4. The molecule has 20 heavy (non-hydrogen) atoms. The molecule has 2 rings (SSSR count). The molecule has 1 heterocycles. The Balaban J connectivity index is 1.82. The molecule has 0 radical (unpaired) electrons. The van der Waals surface area contributed by atoms with Crippen molar-refractivity contribution in [1.29, 1.82) is 0 Å². The Bertz CT molecular complexity index is 429. The van der Waals surface area contributed by atoms with Gasteiger partial charge in [0.15, 0.2) is 0 Å². The van der Waals surface area contributed by atoms with Gasteiger partial charge in [-0.15, -0.1) is 11.8 Å². The van der Waals surface area contributed by atoms with Crippen LogP contribution in [0.2, 0.25) is 0 Å². The summed E-state index contributed by atoms with van der Waals surface area (Å²) in [6.45, 7) is 6.37. The first kappa shape index (κ1) is 15.4. The standard InChI is InChI=1S/C15H23N3OS/c1-12(13-3-5-14(20-2)6-4-13)17-15(19)11-18-9-7-16-8-10-18/h3-6,12,16H,7-11H2,1-2H3,(H,17,19). The average Bonchev–Trinajstić information content (AvgIpc) is 2.48. The van der Waals surface area contributed by atoms with Gasteiger partial charge in [-0.25, -0.2) is 0 Å². The summed E-state index contributed by atoms with van der Waals surface area (Å²) in [7, 11) is 0. The highest BCUT2D eigenvalue weighted by Crippen LogP contribution is 2.18. The normalized spacial score (nSPS) is 17.7. The fourth-order valence-corrected chi connectivity index (χ4v) is 2.74. The topological polar surface area (TPSA) is 44.4 Å². The Kier molecular flexibility index (Phi) is 5.88. The number of benzene rings is 1. The maximum atomic E-state index is 12.0. The first-order chi connectivity index (χ1) is 9.69. The van der Waals surface area contributed by atoms with E-state index in [4.69, 9.17) is 0 Å². The van der Waals surface area contributed by atoms with Crippen LogP contribution in [-0.2, 0) is 4.79 Å². The summed E-state index contributed by atoms with van der Waals surface area (Å²) in [6.07, 6.45) is 2.06. The molecule has 1 fully saturated rings. The molecular formula is C15H23N3OS. The Labute approximate surface area is 125 Å². The summed E-state index contributed by atoms with van der Waals surface area (Å²) < 4.78 is 0. The summed E-state index contributed by atoms with van der Waals surface area (Å²) in [4.78, 5) is 15.5. The number of thioether (sulfide) groups is 1. The van der Waals surface area contributed by atoms with Crippen LogP contribution < -0.4 is 10.6 Å². The number of carbonyl (C=O) groups excluding carboxylic acids is 1. The fraction of sp³-hybridized carbons (Fsp3) is 0.533. The SMILES string of the molecule is CSc1ccc(C(C)NC(=O)CN2CCNCC2)cc1. The van der Waals surface area contributed by atoms with Gasteiger partial charge in [0.1, 0.15) is 0 Å². The molecule has 1 amide bonds. The van der Waals surface area contributed by atoms with E-state index in [2.05, 4.69) is 46.1 Å². The monoisotopic (exact) mass is 293 g/mol. The third-order valence-electron chi connectivity index (χ3n) is 3.57. The molecule has 4 nitrogen and oxygen atoms in total. The van der Waals surface area contributed by atoms with E-state index in [1.165, 1.54) is 4.90 Å². The zero-order chi connectivity index (χ0) is 14.4. The summed E-state index contributed by atoms with van der Waals surface area (Å²) >= 11 is 1.73. The van der Waals surface area contributed by atoms with Crippen LogP contribution in [0.1, 0.15) is 18.5 Å². The van der Waals surface area contributed by atoms with Crippen LogP contribution in [0.5, 0.6) is 0 Å². The zero-order valence-electron chi connectivity index (χ0n) is 12.2. The van der Waals surface area contributed by atoms with Gasteiger partial charge >= 0.3 is 0 Å². The van der Waals surface area contributed by atoms with Crippen LogP contribution >= 0.6 is 11.8 Å². The van der Waals surface area contributed by atoms with E-state index in [1.54, 1.807) is 11.8 Å². The smallest absolute Gasteiger partial charge is 0.234 e. The van der Waals surface area contributed by atoms with E-state index in [9.17, 15) is 4.79 Å². The molecule has 1 aliphatic rings. The van der Waals surface area contributed by atoms with Gasteiger partial charge in [-0.05, 0) is 30.9 Å². The van der Waals surface area contributed by atoms with Gasteiger partial charge in [-0.2, -0.15) is 0 Å². The maximum absolute atomic E-state index is 12.0. The van der Waals surface area contributed by atoms with Crippen molar-refractivity contribution >= 4 is 17.7 Å². The average molecular weight is 293 g/mol. The summed E-state index contributed by atoms with van der Waals surface area (Å²) in [5, 5.41) is 6.36. The van der Waals surface area contributed by atoms with Crippen LogP contribution in [0.3, 0.4) is 0 Å². The second kappa shape index (κ2) is 7.67.